The lowest BCUT2D eigenvalue weighted by atomic mass is 9.76. The third kappa shape index (κ3) is 6.51. The molecule has 1 unspecified atom stereocenters. The fourth-order valence-electron chi connectivity index (χ4n) is 4.50. The Morgan fingerprint density at radius 2 is 1.58 bits per heavy atom. The SMILES string of the molecule is CCC(C)(C)c1ccc(OCC(O)C[NH+]2CCN(c3ccccc3)CC2)c(C(C)(C)CC)c1. The van der Waals surface area contributed by atoms with E-state index in [0.29, 0.717) is 6.61 Å². The molecule has 3 rings (SSSR count). The first-order valence-electron chi connectivity index (χ1n) is 12.8. The molecule has 0 aromatic heterocycles. The van der Waals surface area contributed by atoms with Crippen LogP contribution >= 0.6 is 0 Å². The number of rotatable bonds is 10. The minimum Gasteiger partial charge on any atom is -0.490 e. The van der Waals surface area contributed by atoms with Crippen LogP contribution in [0.25, 0.3) is 0 Å². The molecule has 1 aliphatic heterocycles. The fraction of sp³-hybridized carbons (Fsp3) is 0.586. The molecule has 2 aromatic carbocycles. The maximum absolute atomic E-state index is 10.8. The fourth-order valence-corrected chi connectivity index (χ4v) is 4.50. The standard InChI is InChI=1S/C29H44N2O2/c1-7-28(3,4)23-14-15-27(26(20-23)29(5,6)8-2)33-22-25(32)21-30-16-18-31(19-17-30)24-12-10-9-11-13-24/h9-15,20,25,32H,7-8,16-19,21-22H2,1-6H3/p+1. The first-order valence-corrected chi connectivity index (χ1v) is 12.8. The van der Waals surface area contributed by atoms with E-state index in [1.807, 2.05) is 0 Å². The van der Waals surface area contributed by atoms with Crippen LogP contribution in [-0.4, -0.2) is 50.5 Å². The van der Waals surface area contributed by atoms with Gasteiger partial charge in [0.2, 0.25) is 0 Å². The first-order chi connectivity index (χ1) is 15.7. The normalized spacial score (nSPS) is 16.6. The van der Waals surface area contributed by atoms with Gasteiger partial charge in [-0.1, -0.05) is 71.9 Å². The lowest BCUT2D eigenvalue weighted by molar-refractivity contribution is -0.903. The van der Waals surface area contributed by atoms with Crippen molar-refractivity contribution in [3.63, 3.8) is 0 Å². The average Bonchev–Trinajstić information content (AvgIpc) is 2.83. The molecule has 33 heavy (non-hydrogen) atoms. The maximum Gasteiger partial charge on any atom is 0.137 e. The number of quaternary nitrogens is 1. The molecule has 2 aromatic rings. The molecule has 0 spiro atoms. The lowest BCUT2D eigenvalue weighted by Gasteiger charge is -2.34. The number of aliphatic hydroxyl groups excluding tert-OH is 1. The highest BCUT2D eigenvalue weighted by Gasteiger charge is 2.28. The summed E-state index contributed by atoms with van der Waals surface area (Å²) in [4.78, 5) is 3.89. The van der Waals surface area contributed by atoms with Gasteiger partial charge in [-0.2, -0.15) is 0 Å². The topological polar surface area (TPSA) is 37.1 Å². The van der Waals surface area contributed by atoms with Gasteiger partial charge in [-0.25, -0.2) is 0 Å². The second-order valence-corrected chi connectivity index (χ2v) is 10.9. The van der Waals surface area contributed by atoms with Gasteiger partial charge in [0.25, 0.3) is 0 Å². The Balaban J connectivity index is 1.59. The molecular formula is C29H45N2O2+. The third-order valence-corrected chi connectivity index (χ3v) is 7.81. The van der Waals surface area contributed by atoms with E-state index in [-0.39, 0.29) is 10.8 Å². The van der Waals surface area contributed by atoms with Crippen LogP contribution in [0.5, 0.6) is 5.75 Å². The molecule has 1 atom stereocenters. The number of nitrogens with one attached hydrogen (secondary N) is 1. The van der Waals surface area contributed by atoms with Crippen LogP contribution < -0.4 is 14.5 Å². The van der Waals surface area contributed by atoms with E-state index >= 15 is 0 Å². The van der Waals surface area contributed by atoms with Gasteiger partial charge in [-0.3, -0.25) is 0 Å². The van der Waals surface area contributed by atoms with E-state index in [2.05, 4.69) is 95.0 Å². The van der Waals surface area contributed by atoms with E-state index in [0.717, 1.165) is 51.3 Å². The second kappa shape index (κ2) is 10.9. The molecule has 182 valence electrons. The largest absolute Gasteiger partial charge is 0.490 e. The third-order valence-electron chi connectivity index (χ3n) is 7.81. The Kier molecular flexibility index (Phi) is 8.47. The molecule has 1 heterocycles. The van der Waals surface area contributed by atoms with E-state index < -0.39 is 6.10 Å². The van der Waals surface area contributed by atoms with Crippen molar-refractivity contribution in [2.45, 2.75) is 71.3 Å². The summed E-state index contributed by atoms with van der Waals surface area (Å²) in [5.41, 5.74) is 4.07. The smallest absolute Gasteiger partial charge is 0.137 e. The van der Waals surface area contributed by atoms with Crippen molar-refractivity contribution >= 4 is 5.69 Å². The predicted octanol–water partition coefficient (Wildman–Crippen LogP) is 4.21. The van der Waals surface area contributed by atoms with Gasteiger partial charge in [0.05, 0.1) is 26.2 Å². The summed E-state index contributed by atoms with van der Waals surface area (Å²) < 4.78 is 6.25. The zero-order valence-electron chi connectivity index (χ0n) is 21.7. The van der Waals surface area contributed by atoms with Crippen molar-refractivity contribution in [2.24, 2.45) is 0 Å². The number of nitrogens with zero attached hydrogens (tertiary/aromatic N) is 1. The monoisotopic (exact) mass is 453 g/mol. The van der Waals surface area contributed by atoms with Gasteiger partial charge in [0, 0.05) is 11.3 Å². The van der Waals surface area contributed by atoms with Gasteiger partial charge < -0.3 is 19.6 Å². The van der Waals surface area contributed by atoms with E-state index in [1.165, 1.54) is 21.7 Å². The van der Waals surface area contributed by atoms with Crippen LogP contribution in [0.15, 0.2) is 48.5 Å². The van der Waals surface area contributed by atoms with Crippen molar-refractivity contribution < 1.29 is 14.7 Å². The quantitative estimate of drug-likeness (QED) is 0.566. The summed E-state index contributed by atoms with van der Waals surface area (Å²) in [6, 6.07) is 17.3. The van der Waals surface area contributed by atoms with Crippen molar-refractivity contribution in [1.82, 2.24) is 0 Å². The summed E-state index contributed by atoms with van der Waals surface area (Å²) in [5, 5.41) is 10.8. The molecule has 0 amide bonds. The minimum atomic E-state index is -0.465. The molecule has 1 aliphatic rings. The Bertz CT molecular complexity index is 870. The van der Waals surface area contributed by atoms with Crippen molar-refractivity contribution in [1.29, 1.82) is 0 Å². The van der Waals surface area contributed by atoms with Gasteiger partial charge in [-0.15, -0.1) is 0 Å². The minimum absolute atomic E-state index is 0.0269. The van der Waals surface area contributed by atoms with Crippen LogP contribution in [0.4, 0.5) is 5.69 Å². The Labute approximate surface area is 201 Å². The molecule has 0 bridgehead atoms. The van der Waals surface area contributed by atoms with Crippen LogP contribution in [0.2, 0.25) is 0 Å². The number of ether oxygens (including phenoxy) is 1. The lowest BCUT2D eigenvalue weighted by Crippen LogP contribution is -3.16. The van der Waals surface area contributed by atoms with Crippen LogP contribution in [0.1, 0.15) is 65.5 Å². The van der Waals surface area contributed by atoms with Gasteiger partial charge in [-0.05, 0) is 47.4 Å². The Morgan fingerprint density at radius 3 is 2.18 bits per heavy atom. The number of aliphatic hydroxyl groups is 1. The predicted molar refractivity (Wildman–Crippen MR) is 139 cm³/mol. The van der Waals surface area contributed by atoms with Crippen molar-refractivity contribution in [2.75, 3.05) is 44.2 Å². The number of hydrogen-bond donors (Lipinski definition) is 2. The molecule has 4 nitrogen and oxygen atoms in total. The van der Waals surface area contributed by atoms with Crippen LogP contribution in [-0.2, 0) is 10.8 Å². The van der Waals surface area contributed by atoms with Gasteiger partial charge in [0.15, 0.2) is 0 Å². The summed E-state index contributed by atoms with van der Waals surface area (Å²) >= 11 is 0. The summed E-state index contributed by atoms with van der Waals surface area (Å²) in [7, 11) is 0. The number of piperazine rings is 1. The van der Waals surface area contributed by atoms with Crippen LogP contribution in [0.3, 0.4) is 0 Å². The zero-order chi connectivity index (χ0) is 24.1. The Hall–Kier alpha value is -2.04. The van der Waals surface area contributed by atoms with E-state index in [4.69, 9.17) is 4.74 Å². The number of benzene rings is 2. The highest BCUT2D eigenvalue weighted by Crippen LogP contribution is 2.38. The molecule has 0 saturated carbocycles. The molecule has 2 N–H and O–H groups in total. The van der Waals surface area contributed by atoms with E-state index in [1.54, 1.807) is 0 Å². The van der Waals surface area contributed by atoms with Crippen LogP contribution in [0, 0.1) is 0 Å². The van der Waals surface area contributed by atoms with Crippen molar-refractivity contribution in [3.05, 3.63) is 59.7 Å². The molecule has 0 aliphatic carbocycles. The Morgan fingerprint density at radius 1 is 0.939 bits per heavy atom. The average molecular weight is 454 g/mol. The van der Waals surface area contributed by atoms with Gasteiger partial charge in [0.1, 0.15) is 25.0 Å². The first kappa shape index (κ1) is 25.6. The molecule has 4 heteroatoms. The second-order valence-electron chi connectivity index (χ2n) is 10.9. The molecule has 0 radical (unpaired) electrons. The maximum atomic E-state index is 10.8. The summed E-state index contributed by atoms with van der Waals surface area (Å²) in [6.07, 6.45) is 1.67. The van der Waals surface area contributed by atoms with E-state index in [9.17, 15) is 5.11 Å². The number of para-hydroxylation sites is 1. The molecular weight excluding hydrogens is 408 g/mol. The molecule has 1 fully saturated rings. The highest BCUT2D eigenvalue weighted by molar-refractivity contribution is 5.46. The molecule has 1 saturated heterocycles. The number of anilines is 1. The highest BCUT2D eigenvalue weighted by atomic mass is 16.5. The van der Waals surface area contributed by atoms with Gasteiger partial charge >= 0.3 is 0 Å². The number of hydrogen-bond acceptors (Lipinski definition) is 3. The van der Waals surface area contributed by atoms with Crippen molar-refractivity contribution in [3.8, 4) is 5.75 Å². The summed E-state index contributed by atoms with van der Waals surface area (Å²) in [5.74, 6) is 0.917. The zero-order valence-corrected chi connectivity index (χ0v) is 21.7. The summed E-state index contributed by atoms with van der Waals surface area (Å²) in [6.45, 7) is 18.8.